The summed E-state index contributed by atoms with van der Waals surface area (Å²) in [6.07, 6.45) is 0.636. The number of aryl methyl sites for hydroxylation is 2. The van der Waals surface area contributed by atoms with E-state index in [9.17, 15) is 4.79 Å². The predicted octanol–water partition coefficient (Wildman–Crippen LogP) is 5.29. The number of benzene rings is 2. The Labute approximate surface area is 195 Å². The zero-order chi connectivity index (χ0) is 23.8. The molecule has 1 amide bonds. The third kappa shape index (κ3) is 6.57. The predicted molar refractivity (Wildman–Crippen MR) is 127 cm³/mol. The number of hydrogen-bond donors (Lipinski definition) is 1. The number of hydrogen-bond acceptors (Lipinski definition) is 6. The molecule has 0 aliphatic rings. The van der Waals surface area contributed by atoms with Crippen molar-refractivity contribution >= 4 is 5.91 Å². The smallest absolute Gasteiger partial charge is 0.227 e. The summed E-state index contributed by atoms with van der Waals surface area (Å²) < 4.78 is 16.8. The van der Waals surface area contributed by atoms with Gasteiger partial charge in [-0.2, -0.15) is 4.98 Å². The Morgan fingerprint density at radius 1 is 1.03 bits per heavy atom. The topological polar surface area (TPSA) is 86.5 Å². The Balaban J connectivity index is 1.64. The number of nitrogens with one attached hydrogen (secondary N) is 1. The molecule has 7 heteroatoms. The highest BCUT2D eigenvalue weighted by molar-refractivity contribution is 5.76. The van der Waals surface area contributed by atoms with Crippen LogP contribution in [0.15, 0.2) is 47.0 Å². The monoisotopic (exact) mass is 451 g/mol. The van der Waals surface area contributed by atoms with Gasteiger partial charge < -0.3 is 19.3 Å². The largest absolute Gasteiger partial charge is 0.490 e. The van der Waals surface area contributed by atoms with Gasteiger partial charge in [0.1, 0.15) is 0 Å². The molecular weight excluding hydrogens is 418 g/mol. The van der Waals surface area contributed by atoms with Crippen molar-refractivity contribution in [3.05, 3.63) is 59.5 Å². The summed E-state index contributed by atoms with van der Waals surface area (Å²) in [4.78, 5) is 17.2. The van der Waals surface area contributed by atoms with E-state index >= 15 is 0 Å². The second-order valence-corrected chi connectivity index (χ2v) is 8.24. The van der Waals surface area contributed by atoms with Gasteiger partial charge in [0.25, 0.3) is 0 Å². The molecule has 0 fully saturated rings. The molecule has 33 heavy (non-hydrogen) atoms. The molecular formula is C26H33N3O4. The molecule has 0 saturated heterocycles. The van der Waals surface area contributed by atoms with Gasteiger partial charge in [-0.1, -0.05) is 54.9 Å². The Morgan fingerprint density at radius 3 is 2.39 bits per heavy atom. The zero-order valence-electron chi connectivity index (χ0n) is 20.1. The van der Waals surface area contributed by atoms with Crippen LogP contribution in [0.5, 0.6) is 11.5 Å². The standard InChI is InChI=1S/C26H33N3O4/c1-6-31-21-13-12-20(16-22(21)32-7-2)25(17(3)4)27-23(30)14-15-24-28-26(29-33-24)19-10-8-18(5)9-11-19/h8-13,16-17,25H,6-7,14-15H2,1-5H3,(H,27,30). The second kappa shape index (κ2) is 11.5. The van der Waals surface area contributed by atoms with Crippen LogP contribution in [-0.2, 0) is 11.2 Å². The van der Waals surface area contributed by atoms with Crippen molar-refractivity contribution in [1.29, 1.82) is 0 Å². The summed E-state index contributed by atoms with van der Waals surface area (Å²) in [5, 5.41) is 7.18. The van der Waals surface area contributed by atoms with E-state index in [0.29, 0.717) is 42.8 Å². The van der Waals surface area contributed by atoms with E-state index in [4.69, 9.17) is 14.0 Å². The molecule has 1 atom stereocenters. The van der Waals surface area contributed by atoms with Crippen LogP contribution in [0.4, 0.5) is 0 Å². The molecule has 3 aromatic rings. The number of ether oxygens (including phenoxy) is 2. The van der Waals surface area contributed by atoms with Gasteiger partial charge in [-0.25, -0.2) is 0 Å². The summed E-state index contributed by atoms with van der Waals surface area (Å²) in [7, 11) is 0. The van der Waals surface area contributed by atoms with Crippen molar-refractivity contribution in [3.8, 4) is 22.9 Å². The van der Waals surface area contributed by atoms with Crippen molar-refractivity contribution in [2.75, 3.05) is 13.2 Å². The van der Waals surface area contributed by atoms with E-state index in [1.807, 2.05) is 63.2 Å². The molecule has 7 nitrogen and oxygen atoms in total. The lowest BCUT2D eigenvalue weighted by molar-refractivity contribution is -0.122. The molecule has 1 N–H and O–H groups in total. The Kier molecular flexibility index (Phi) is 8.46. The maximum absolute atomic E-state index is 12.7. The fraction of sp³-hybridized carbons (Fsp3) is 0.423. The molecule has 1 unspecified atom stereocenters. The number of rotatable bonds is 11. The minimum absolute atomic E-state index is 0.0735. The van der Waals surface area contributed by atoms with E-state index in [1.54, 1.807) is 0 Å². The zero-order valence-corrected chi connectivity index (χ0v) is 20.1. The summed E-state index contributed by atoms with van der Waals surface area (Å²) in [5.74, 6) is 2.49. The van der Waals surface area contributed by atoms with Gasteiger partial charge in [-0.05, 0) is 44.4 Å². The van der Waals surface area contributed by atoms with Crippen LogP contribution < -0.4 is 14.8 Å². The molecule has 1 heterocycles. The Hall–Kier alpha value is -3.35. The summed E-state index contributed by atoms with van der Waals surface area (Å²) in [5.41, 5.74) is 3.03. The van der Waals surface area contributed by atoms with E-state index in [-0.39, 0.29) is 24.3 Å². The van der Waals surface area contributed by atoms with Crippen LogP contribution in [0, 0.1) is 12.8 Å². The Morgan fingerprint density at radius 2 is 1.73 bits per heavy atom. The molecule has 0 spiro atoms. The molecule has 0 saturated carbocycles. The van der Waals surface area contributed by atoms with Gasteiger partial charge in [-0.3, -0.25) is 4.79 Å². The highest BCUT2D eigenvalue weighted by Gasteiger charge is 2.21. The first-order chi connectivity index (χ1) is 15.9. The van der Waals surface area contributed by atoms with Crippen LogP contribution in [0.25, 0.3) is 11.4 Å². The van der Waals surface area contributed by atoms with Crippen molar-refractivity contribution < 1.29 is 18.8 Å². The van der Waals surface area contributed by atoms with Crippen LogP contribution in [0.1, 0.15) is 57.2 Å². The molecule has 1 aromatic heterocycles. The van der Waals surface area contributed by atoms with Gasteiger partial charge >= 0.3 is 0 Å². The highest BCUT2D eigenvalue weighted by atomic mass is 16.5. The highest BCUT2D eigenvalue weighted by Crippen LogP contribution is 2.33. The van der Waals surface area contributed by atoms with Crippen LogP contribution in [0.2, 0.25) is 0 Å². The maximum atomic E-state index is 12.7. The molecule has 3 rings (SSSR count). The number of carbonyl (C=O) groups excluding carboxylic acids is 1. The number of aromatic nitrogens is 2. The van der Waals surface area contributed by atoms with Crippen molar-refractivity contribution in [2.24, 2.45) is 5.92 Å². The molecule has 0 aliphatic heterocycles. The van der Waals surface area contributed by atoms with E-state index in [2.05, 4.69) is 29.3 Å². The minimum atomic E-state index is -0.154. The van der Waals surface area contributed by atoms with Crippen molar-refractivity contribution in [1.82, 2.24) is 15.5 Å². The molecule has 0 bridgehead atoms. The average Bonchev–Trinajstić information content (AvgIpc) is 3.27. The SMILES string of the molecule is CCOc1ccc(C(NC(=O)CCc2nc(-c3ccc(C)cc3)no2)C(C)C)cc1OCC. The third-order valence-electron chi connectivity index (χ3n) is 5.25. The van der Waals surface area contributed by atoms with Gasteiger partial charge in [0.15, 0.2) is 11.5 Å². The lowest BCUT2D eigenvalue weighted by atomic mass is 9.95. The first kappa shape index (κ1) is 24.3. The first-order valence-corrected chi connectivity index (χ1v) is 11.5. The first-order valence-electron chi connectivity index (χ1n) is 11.5. The van der Waals surface area contributed by atoms with Gasteiger partial charge in [-0.15, -0.1) is 0 Å². The average molecular weight is 452 g/mol. The van der Waals surface area contributed by atoms with Gasteiger partial charge in [0.05, 0.1) is 19.3 Å². The normalized spacial score (nSPS) is 11.9. The summed E-state index contributed by atoms with van der Waals surface area (Å²) >= 11 is 0. The molecule has 176 valence electrons. The fourth-order valence-electron chi connectivity index (χ4n) is 3.54. The van der Waals surface area contributed by atoms with Crippen LogP contribution in [-0.4, -0.2) is 29.3 Å². The molecule has 2 aromatic carbocycles. The number of nitrogens with zero attached hydrogens (tertiary/aromatic N) is 2. The summed E-state index contributed by atoms with van der Waals surface area (Å²) in [6.45, 7) is 11.2. The number of amides is 1. The minimum Gasteiger partial charge on any atom is -0.490 e. The van der Waals surface area contributed by atoms with Gasteiger partial charge in [0.2, 0.25) is 17.6 Å². The Bertz CT molecular complexity index is 1040. The number of carbonyl (C=O) groups is 1. The van der Waals surface area contributed by atoms with Crippen LogP contribution >= 0.6 is 0 Å². The third-order valence-corrected chi connectivity index (χ3v) is 5.25. The lowest BCUT2D eigenvalue weighted by Gasteiger charge is -2.24. The molecule has 0 aliphatic carbocycles. The van der Waals surface area contributed by atoms with Crippen molar-refractivity contribution in [3.63, 3.8) is 0 Å². The van der Waals surface area contributed by atoms with E-state index < -0.39 is 0 Å². The van der Waals surface area contributed by atoms with Crippen molar-refractivity contribution in [2.45, 2.75) is 53.5 Å². The summed E-state index contributed by atoms with van der Waals surface area (Å²) in [6, 6.07) is 13.6. The van der Waals surface area contributed by atoms with E-state index in [0.717, 1.165) is 11.1 Å². The lowest BCUT2D eigenvalue weighted by Crippen LogP contribution is -2.32. The van der Waals surface area contributed by atoms with E-state index in [1.165, 1.54) is 5.56 Å². The van der Waals surface area contributed by atoms with Crippen LogP contribution in [0.3, 0.4) is 0 Å². The maximum Gasteiger partial charge on any atom is 0.227 e. The second-order valence-electron chi connectivity index (χ2n) is 8.24. The molecule has 0 radical (unpaired) electrons. The quantitative estimate of drug-likeness (QED) is 0.426. The van der Waals surface area contributed by atoms with Gasteiger partial charge in [0, 0.05) is 18.4 Å². The fourth-order valence-corrected chi connectivity index (χ4v) is 3.54.